The number of aromatic nitrogens is 2. The first-order chi connectivity index (χ1) is 8.13. The molecular formula is C12H20N4O. The molecule has 1 aromatic heterocycles. The molecule has 5 heteroatoms. The van der Waals surface area contributed by atoms with Gasteiger partial charge < -0.3 is 5.32 Å². The van der Waals surface area contributed by atoms with Crippen molar-refractivity contribution in [2.75, 3.05) is 20.1 Å². The van der Waals surface area contributed by atoms with Crippen LogP contribution in [0.3, 0.4) is 0 Å². The van der Waals surface area contributed by atoms with Gasteiger partial charge >= 0.3 is 0 Å². The van der Waals surface area contributed by atoms with Crippen molar-refractivity contribution in [3.8, 4) is 0 Å². The molecule has 0 spiro atoms. The van der Waals surface area contributed by atoms with E-state index < -0.39 is 0 Å². The average molecular weight is 236 g/mol. The van der Waals surface area contributed by atoms with E-state index in [0.717, 1.165) is 24.6 Å². The van der Waals surface area contributed by atoms with Crippen LogP contribution in [-0.4, -0.2) is 40.7 Å². The van der Waals surface area contributed by atoms with E-state index in [1.807, 2.05) is 31.4 Å². The molecular weight excluding hydrogens is 216 g/mol. The second-order valence-electron chi connectivity index (χ2n) is 4.94. The van der Waals surface area contributed by atoms with Crippen LogP contribution >= 0.6 is 0 Å². The molecule has 1 fully saturated rings. The van der Waals surface area contributed by atoms with Gasteiger partial charge in [0, 0.05) is 31.9 Å². The first kappa shape index (κ1) is 12.1. The number of nitrogens with one attached hydrogen (secondary N) is 1. The molecule has 1 aromatic rings. The Balaban J connectivity index is 1.68. The van der Waals surface area contributed by atoms with Gasteiger partial charge in [-0.2, -0.15) is 5.10 Å². The maximum Gasteiger partial charge on any atom is 0.234 e. The summed E-state index contributed by atoms with van der Waals surface area (Å²) in [7, 11) is 3.84. The van der Waals surface area contributed by atoms with Crippen molar-refractivity contribution in [1.82, 2.24) is 20.0 Å². The van der Waals surface area contributed by atoms with Crippen molar-refractivity contribution in [3.05, 3.63) is 18.0 Å². The summed E-state index contributed by atoms with van der Waals surface area (Å²) in [6.07, 6.45) is 6.34. The number of hydrogen-bond acceptors (Lipinski definition) is 3. The smallest absolute Gasteiger partial charge is 0.234 e. The fourth-order valence-electron chi connectivity index (χ4n) is 1.80. The van der Waals surface area contributed by atoms with Crippen molar-refractivity contribution in [3.63, 3.8) is 0 Å². The topological polar surface area (TPSA) is 50.2 Å². The number of aryl methyl sites for hydroxylation is 1. The Labute approximate surface area is 102 Å². The predicted molar refractivity (Wildman–Crippen MR) is 65.3 cm³/mol. The highest BCUT2D eigenvalue weighted by Gasteiger charge is 2.21. The Morgan fingerprint density at radius 3 is 3.00 bits per heavy atom. The highest BCUT2D eigenvalue weighted by Crippen LogP contribution is 2.27. The second kappa shape index (κ2) is 5.31. The number of amides is 1. The van der Waals surface area contributed by atoms with E-state index in [0.29, 0.717) is 6.54 Å². The van der Waals surface area contributed by atoms with Crippen LogP contribution in [0.5, 0.6) is 0 Å². The molecule has 5 nitrogen and oxygen atoms in total. The van der Waals surface area contributed by atoms with Gasteiger partial charge in [0.25, 0.3) is 0 Å². The van der Waals surface area contributed by atoms with E-state index >= 15 is 0 Å². The molecule has 1 aliphatic carbocycles. The lowest BCUT2D eigenvalue weighted by atomic mass is 10.3. The minimum Gasteiger partial charge on any atom is -0.355 e. The van der Waals surface area contributed by atoms with Gasteiger partial charge in [-0.05, 0) is 25.8 Å². The molecule has 0 saturated heterocycles. The Morgan fingerprint density at radius 1 is 1.65 bits per heavy atom. The Bertz CT molecular complexity index is 384. The van der Waals surface area contributed by atoms with E-state index in [1.54, 1.807) is 4.68 Å². The fourth-order valence-corrected chi connectivity index (χ4v) is 1.80. The number of likely N-dealkylation sites (N-methyl/N-ethyl adjacent to an activating group) is 1. The largest absolute Gasteiger partial charge is 0.355 e. The molecule has 1 aliphatic rings. The summed E-state index contributed by atoms with van der Waals surface area (Å²) in [4.78, 5) is 13.6. The van der Waals surface area contributed by atoms with Crippen LogP contribution < -0.4 is 5.32 Å². The van der Waals surface area contributed by atoms with Gasteiger partial charge in [0.1, 0.15) is 0 Å². The van der Waals surface area contributed by atoms with Gasteiger partial charge in [-0.15, -0.1) is 0 Å². The number of carbonyl (C=O) groups is 1. The highest BCUT2D eigenvalue weighted by molar-refractivity contribution is 5.77. The van der Waals surface area contributed by atoms with E-state index in [1.165, 1.54) is 12.8 Å². The second-order valence-corrected chi connectivity index (χ2v) is 4.94. The van der Waals surface area contributed by atoms with Crippen LogP contribution in [0.1, 0.15) is 18.4 Å². The van der Waals surface area contributed by atoms with Crippen molar-refractivity contribution >= 4 is 5.91 Å². The molecule has 2 rings (SSSR count). The maximum absolute atomic E-state index is 11.6. The molecule has 0 unspecified atom stereocenters. The minimum atomic E-state index is 0.114. The highest BCUT2D eigenvalue weighted by atomic mass is 16.2. The van der Waals surface area contributed by atoms with Crippen LogP contribution in [0.4, 0.5) is 0 Å². The SMILES string of the molecule is CN(CC(=O)NCC1CC1)Cc1cnn(C)c1. The van der Waals surface area contributed by atoms with Gasteiger partial charge in [-0.3, -0.25) is 14.4 Å². The lowest BCUT2D eigenvalue weighted by Crippen LogP contribution is -2.35. The van der Waals surface area contributed by atoms with Crippen molar-refractivity contribution < 1.29 is 4.79 Å². The lowest BCUT2D eigenvalue weighted by Gasteiger charge is -2.15. The van der Waals surface area contributed by atoms with Gasteiger partial charge in [0.05, 0.1) is 12.7 Å². The van der Waals surface area contributed by atoms with Crippen LogP contribution in [0, 0.1) is 5.92 Å². The lowest BCUT2D eigenvalue weighted by molar-refractivity contribution is -0.122. The van der Waals surface area contributed by atoms with E-state index in [2.05, 4.69) is 10.4 Å². The summed E-state index contributed by atoms with van der Waals surface area (Å²) in [6, 6.07) is 0. The predicted octanol–water partition coefficient (Wildman–Crippen LogP) is 0.378. The zero-order valence-corrected chi connectivity index (χ0v) is 10.5. The fraction of sp³-hybridized carbons (Fsp3) is 0.667. The molecule has 94 valence electrons. The number of hydrogen-bond donors (Lipinski definition) is 1. The summed E-state index contributed by atoms with van der Waals surface area (Å²) in [6.45, 7) is 2.05. The first-order valence-corrected chi connectivity index (χ1v) is 6.06. The third-order valence-corrected chi connectivity index (χ3v) is 2.91. The maximum atomic E-state index is 11.6. The Hall–Kier alpha value is -1.36. The Kier molecular flexibility index (Phi) is 3.78. The third-order valence-electron chi connectivity index (χ3n) is 2.91. The molecule has 1 amide bonds. The molecule has 1 N–H and O–H groups in total. The zero-order chi connectivity index (χ0) is 12.3. The quantitative estimate of drug-likeness (QED) is 0.777. The van der Waals surface area contributed by atoms with Crippen molar-refractivity contribution in [2.45, 2.75) is 19.4 Å². The normalized spacial score (nSPS) is 15.2. The zero-order valence-electron chi connectivity index (χ0n) is 10.5. The van der Waals surface area contributed by atoms with Crippen LogP contribution in [-0.2, 0) is 18.4 Å². The molecule has 0 atom stereocenters. The standard InChI is InChI=1S/C12H20N4O/c1-15(7-11-6-14-16(2)8-11)9-12(17)13-5-10-3-4-10/h6,8,10H,3-5,7,9H2,1-2H3,(H,13,17). The van der Waals surface area contributed by atoms with Gasteiger partial charge in [-0.1, -0.05) is 0 Å². The molecule has 0 bridgehead atoms. The Morgan fingerprint density at radius 2 is 2.41 bits per heavy atom. The molecule has 0 aliphatic heterocycles. The summed E-state index contributed by atoms with van der Waals surface area (Å²) < 4.78 is 1.77. The minimum absolute atomic E-state index is 0.114. The van der Waals surface area contributed by atoms with Crippen LogP contribution in [0.25, 0.3) is 0 Å². The molecule has 1 heterocycles. The van der Waals surface area contributed by atoms with Crippen molar-refractivity contribution in [1.29, 1.82) is 0 Å². The van der Waals surface area contributed by atoms with E-state index in [9.17, 15) is 4.79 Å². The summed E-state index contributed by atoms with van der Waals surface area (Å²) in [5.74, 6) is 0.853. The molecule has 0 aromatic carbocycles. The molecule has 17 heavy (non-hydrogen) atoms. The van der Waals surface area contributed by atoms with Gasteiger partial charge in [0.2, 0.25) is 5.91 Å². The molecule has 0 radical (unpaired) electrons. The van der Waals surface area contributed by atoms with Crippen LogP contribution in [0.15, 0.2) is 12.4 Å². The summed E-state index contributed by atoms with van der Waals surface area (Å²) in [5.41, 5.74) is 1.13. The number of nitrogens with zero attached hydrogens (tertiary/aromatic N) is 3. The third kappa shape index (κ3) is 4.19. The van der Waals surface area contributed by atoms with E-state index in [-0.39, 0.29) is 5.91 Å². The average Bonchev–Trinajstić information content (AvgIpc) is 3.00. The number of carbonyl (C=O) groups excluding carboxylic acids is 1. The molecule has 1 saturated carbocycles. The summed E-state index contributed by atoms with van der Waals surface area (Å²) in [5, 5.41) is 7.07. The first-order valence-electron chi connectivity index (χ1n) is 6.06. The van der Waals surface area contributed by atoms with Gasteiger partial charge in [0.15, 0.2) is 0 Å². The summed E-state index contributed by atoms with van der Waals surface area (Å²) >= 11 is 0. The van der Waals surface area contributed by atoms with Gasteiger partial charge in [-0.25, -0.2) is 0 Å². The van der Waals surface area contributed by atoms with Crippen LogP contribution in [0.2, 0.25) is 0 Å². The van der Waals surface area contributed by atoms with Crippen molar-refractivity contribution in [2.24, 2.45) is 13.0 Å². The van der Waals surface area contributed by atoms with E-state index in [4.69, 9.17) is 0 Å². The monoisotopic (exact) mass is 236 g/mol. The number of rotatable bonds is 6.